The van der Waals surface area contributed by atoms with Crippen LogP contribution in [0.4, 0.5) is 0 Å². The van der Waals surface area contributed by atoms with Gasteiger partial charge in [-0.2, -0.15) is 0 Å². The second kappa shape index (κ2) is 5.79. The van der Waals surface area contributed by atoms with Crippen molar-refractivity contribution >= 4 is 10.0 Å². The Bertz CT molecular complexity index is 546. The summed E-state index contributed by atoms with van der Waals surface area (Å²) in [5.74, 6) is 0. The van der Waals surface area contributed by atoms with Gasteiger partial charge in [-0.15, -0.1) is 0 Å². The van der Waals surface area contributed by atoms with Gasteiger partial charge in [0.1, 0.15) is 0 Å². The molecule has 1 heterocycles. The molecule has 2 aliphatic carbocycles. The summed E-state index contributed by atoms with van der Waals surface area (Å²) in [5, 5.41) is 3.51. The van der Waals surface area contributed by atoms with Crippen molar-refractivity contribution in [3.8, 4) is 0 Å². The van der Waals surface area contributed by atoms with E-state index < -0.39 is 10.0 Å². The van der Waals surface area contributed by atoms with Gasteiger partial charge in [0.05, 0.1) is 0 Å². The topological polar surface area (TPSA) is 71.1 Å². The lowest BCUT2D eigenvalue weighted by Gasteiger charge is -2.12. The molecule has 0 aromatic carbocycles. The van der Waals surface area contributed by atoms with Crippen molar-refractivity contribution in [2.24, 2.45) is 0 Å². The number of rotatable bonds is 6. The average Bonchev–Trinajstić information content (AvgIpc) is 3.14. The van der Waals surface area contributed by atoms with Gasteiger partial charge < -0.3 is 5.32 Å². The zero-order valence-corrected chi connectivity index (χ0v) is 12.3. The maximum atomic E-state index is 12.2. The molecule has 3 rings (SSSR count). The molecule has 1 aromatic heterocycles. The van der Waals surface area contributed by atoms with Crippen LogP contribution in [0.25, 0.3) is 0 Å². The molecule has 110 valence electrons. The standard InChI is InChI=1S/C14H21N3O2S/c18-20(19,17-13-3-1-2-4-13)14-8-5-11(10-16-14)9-15-12-6-7-12/h5,8,10,12-13,15,17H,1-4,6-7,9H2. The third-order valence-corrected chi connectivity index (χ3v) is 5.36. The molecule has 5 nitrogen and oxygen atoms in total. The van der Waals surface area contributed by atoms with E-state index >= 15 is 0 Å². The molecule has 0 spiro atoms. The minimum Gasteiger partial charge on any atom is -0.310 e. The van der Waals surface area contributed by atoms with Crippen molar-refractivity contribution in [3.05, 3.63) is 23.9 Å². The van der Waals surface area contributed by atoms with Crippen LogP contribution in [-0.4, -0.2) is 25.5 Å². The van der Waals surface area contributed by atoms with Crippen molar-refractivity contribution in [1.29, 1.82) is 0 Å². The number of hydrogen-bond donors (Lipinski definition) is 2. The first-order valence-corrected chi connectivity index (χ1v) is 8.82. The maximum absolute atomic E-state index is 12.2. The Labute approximate surface area is 120 Å². The number of nitrogens with one attached hydrogen (secondary N) is 2. The lowest BCUT2D eigenvalue weighted by molar-refractivity contribution is 0.548. The average molecular weight is 295 g/mol. The maximum Gasteiger partial charge on any atom is 0.258 e. The zero-order valence-electron chi connectivity index (χ0n) is 11.5. The summed E-state index contributed by atoms with van der Waals surface area (Å²) < 4.78 is 27.1. The number of aromatic nitrogens is 1. The second-order valence-electron chi connectivity index (χ2n) is 5.76. The summed E-state index contributed by atoms with van der Waals surface area (Å²) in [6.45, 7) is 0.758. The van der Waals surface area contributed by atoms with E-state index in [0.717, 1.165) is 37.8 Å². The predicted molar refractivity (Wildman–Crippen MR) is 76.7 cm³/mol. The third-order valence-electron chi connectivity index (χ3n) is 3.92. The van der Waals surface area contributed by atoms with Gasteiger partial charge in [0.25, 0.3) is 10.0 Å². The molecule has 0 saturated heterocycles. The van der Waals surface area contributed by atoms with Crippen molar-refractivity contribution in [3.63, 3.8) is 0 Å². The molecular weight excluding hydrogens is 274 g/mol. The molecule has 0 atom stereocenters. The Morgan fingerprint density at radius 2 is 1.85 bits per heavy atom. The number of hydrogen-bond acceptors (Lipinski definition) is 4. The highest BCUT2D eigenvalue weighted by Crippen LogP contribution is 2.21. The summed E-state index contributed by atoms with van der Waals surface area (Å²) in [4.78, 5) is 4.10. The first-order chi connectivity index (χ1) is 9.63. The molecule has 2 N–H and O–H groups in total. The number of nitrogens with zero attached hydrogens (tertiary/aromatic N) is 1. The van der Waals surface area contributed by atoms with E-state index in [1.807, 2.05) is 6.07 Å². The van der Waals surface area contributed by atoms with Crippen LogP contribution in [0.3, 0.4) is 0 Å². The van der Waals surface area contributed by atoms with Crippen molar-refractivity contribution < 1.29 is 8.42 Å². The summed E-state index contributed by atoms with van der Waals surface area (Å²) in [7, 11) is -3.46. The molecule has 20 heavy (non-hydrogen) atoms. The van der Waals surface area contributed by atoms with Crippen molar-refractivity contribution in [2.75, 3.05) is 0 Å². The van der Waals surface area contributed by atoms with E-state index in [2.05, 4.69) is 15.0 Å². The summed E-state index contributed by atoms with van der Waals surface area (Å²) in [6.07, 6.45) is 8.21. The van der Waals surface area contributed by atoms with E-state index in [0.29, 0.717) is 6.04 Å². The summed E-state index contributed by atoms with van der Waals surface area (Å²) in [6, 6.07) is 4.16. The molecule has 0 bridgehead atoms. The minimum absolute atomic E-state index is 0.0815. The summed E-state index contributed by atoms with van der Waals surface area (Å²) >= 11 is 0. The van der Waals surface area contributed by atoms with Crippen LogP contribution >= 0.6 is 0 Å². The Balaban J connectivity index is 1.62. The highest BCUT2D eigenvalue weighted by molar-refractivity contribution is 7.89. The van der Waals surface area contributed by atoms with Gasteiger partial charge in [0.15, 0.2) is 5.03 Å². The van der Waals surface area contributed by atoms with Gasteiger partial charge >= 0.3 is 0 Å². The predicted octanol–water partition coefficient (Wildman–Crippen LogP) is 1.55. The Hall–Kier alpha value is -0.980. The van der Waals surface area contributed by atoms with Gasteiger partial charge in [-0.05, 0) is 37.3 Å². The van der Waals surface area contributed by atoms with Crippen LogP contribution in [0.15, 0.2) is 23.4 Å². The fourth-order valence-electron chi connectivity index (χ4n) is 2.55. The zero-order chi connectivity index (χ0) is 14.0. The smallest absolute Gasteiger partial charge is 0.258 e. The van der Waals surface area contributed by atoms with Gasteiger partial charge in [0.2, 0.25) is 0 Å². The van der Waals surface area contributed by atoms with E-state index in [1.54, 1.807) is 12.3 Å². The van der Waals surface area contributed by atoms with Gasteiger partial charge in [-0.1, -0.05) is 18.9 Å². The molecule has 0 unspecified atom stereocenters. The van der Waals surface area contributed by atoms with Crippen LogP contribution in [0, 0.1) is 0 Å². The molecule has 1 aromatic rings. The fourth-order valence-corrected chi connectivity index (χ4v) is 3.78. The van der Waals surface area contributed by atoms with E-state index in [1.165, 1.54) is 12.8 Å². The Morgan fingerprint density at radius 3 is 2.45 bits per heavy atom. The molecule has 0 aliphatic heterocycles. The van der Waals surface area contributed by atoms with Crippen LogP contribution in [0.5, 0.6) is 0 Å². The largest absolute Gasteiger partial charge is 0.310 e. The highest BCUT2D eigenvalue weighted by Gasteiger charge is 2.24. The first kappa shape index (κ1) is 14.0. The molecule has 6 heteroatoms. The second-order valence-corrected chi connectivity index (χ2v) is 7.42. The molecule has 2 saturated carbocycles. The molecule has 2 fully saturated rings. The Kier molecular flexibility index (Phi) is 4.05. The molecule has 0 radical (unpaired) electrons. The Morgan fingerprint density at radius 1 is 1.10 bits per heavy atom. The van der Waals surface area contributed by atoms with E-state index in [-0.39, 0.29) is 11.1 Å². The molecule has 0 amide bonds. The quantitative estimate of drug-likeness (QED) is 0.835. The lowest BCUT2D eigenvalue weighted by Crippen LogP contribution is -2.33. The van der Waals surface area contributed by atoms with Gasteiger partial charge in [-0.3, -0.25) is 0 Å². The normalized spacial score (nSPS) is 20.4. The van der Waals surface area contributed by atoms with E-state index in [4.69, 9.17) is 0 Å². The SMILES string of the molecule is O=S(=O)(NC1CCCC1)c1ccc(CNC2CC2)cn1. The van der Waals surface area contributed by atoms with Crippen LogP contribution in [-0.2, 0) is 16.6 Å². The number of sulfonamides is 1. The molecule has 2 aliphatic rings. The van der Waals surface area contributed by atoms with Gasteiger partial charge in [-0.25, -0.2) is 18.1 Å². The fraction of sp³-hybridized carbons (Fsp3) is 0.643. The monoisotopic (exact) mass is 295 g/mol. The first-order valence-electron chi connectivity index (χ1n) is 7.34. The van der Waals surface area contributed by atoms with Crippen LogP contribution in [0.2, 0.25) is 0 Å². The lowest BCUT2D eigenvalue weighted by atomic mass is 10.3. The van der Waals surface area contributed by atoms with Crippen LogP contribution in [0.1, 0.15) is 44.1 Å². The van der Waals surface area contributed by atoms with Gasteiger partial charge in [0, 0.05) is 24.8 Å². The number of pyridine rings is 1. The van der Waals surface area contributed by atoms with Crippen LogP contribution < -0.4 is 10.0 Å². The van der Waals surface area contributed by atoms with E-state index in [9.17, 15) is 8.42 Å². The van der Waals surface area contributed by atoms with Crippen molar-refractivity contribution in [2.45, 2.75) is 62.2 Å². The molecular formula is C14H21N3O2S. The minimum atomic E-state index is -3.46. The highest BCUT2D eigenvalue weighted by atomic mass is 32.2. The third kappa shape index (κ3) is 3.56. The van der Waals surface area contributed by atoms with Crippen molar-refractivity contribution in [1.82, 2.24) is 15.0 Å². The summed E-state index contributed by atoms with van der Waals surface area (Å²) in [5.41, 5.74) is 1.02.